The van der Waals surface area contributed by atoms with Crippen molar-refractivity contribution < 1.29 is 14.3 Å². The van der Waals surface area contributed by atoms with Gasteiger partial charge in [0.15, 0.2) is 0 Å². The number of ether oxygens (including phenoxy) is 1. The summed E-state index contributed by atoms with van der Waals surface area (Å²) in [5, 5.41) is 6.19. The lowest BCUT2D eigenvalue weighted by atomic mass is 10.2. The van der Waals surface area contributed by atoms with Crippen molar-refractivity contribution in [3.8, 4) is 5.75 Å². The van der Waals surface area contributed by atoms with Crippen LogP contribution in [0.2, 0.25) is 5.02 Å². The third kappa shape index (κ3) is 6.07. The molecule has 0 heterocycles. The van der Waals surface area contributed by atoms with E-state index in [4.69, 9.17) is 16.3 Å². The second-order valence-electron chi connectivity index (χ2n) is 5.26. The van der Waals surface area contributed by atoms with E-state index in [0.29, 0.717) is 45.9 Å². The summed E-state index contributed by atoms with van der Waals surface area (Å²) in [6.07, 6.45) is 0.842. The molecule has 0 bridgehead atoms. The molecule has 0 aliphatic heterocycles. The molecule has 0 spiro atoms. The molecule has 0 radical (unpaired) electrons. The molecule has 0 aromatic heterocycles. The van der Waals surface area contributed by atoms with Crippen LogP contribution in [0.1, 0.15) is 23.2 Å². The van der Waals surface area contributed by atoms with Crippen LogP contribution in [0.3, 0.4) is 0 Å². The Morgan fingerprint density at radius 1 is 1.16 bits per heavy atom. The second kappa shape index (κ2) is 9.44. The van der Waals surface area contributed by atoms with Gasteiger partial charge >= 0.3 is 0 Å². The maximum absolute atomic E-state index is 12.2. The van der Waals surface area contributed by atoms with Crippen molar-refractivity contribution in [1.29, 1.82) is 0 Å². The van der Waals surface area contributed by atoms with Crippen LogP contribution in [-0.2, 0) is 4.79 Å². The normalized spacial score (nSPS) is 10.2. The van der Waals surface area contributed by atoms with Crippen LogP contribution in [0.5, 0.6) is 5.75 Å². The SMILES string of the molecule is COc1ccc(Br)c(C(=O)NCCCC(=O)Nc2ccc(Cl)cc2)c1. The summed E-state index contributed by atoms with van der Waals surface area (Å²) in [4.78, 5) is 24.1. The van der Waals surface area contributed by atoms with Gasteiger partial charge in [-0.1, -0.05) is 11.6 Å². The Morgan fingerprint density at radius 2 is 1.88 bits per heavy atom. The maximum atomic E-state index is 12.2. The predicted molar refractivity (Wildman–Crippen MR) is 102 cm³/mol. The smallest absolute Gasteiger partial charge is 0.252 e. The molecule has 5 nitrogen and oxygen atoms in total. The average molecular weight is 426 g/mol. The van der Waals surface area contributed by atoms with Crippen LogP contribution < -0.4 is 15.4 Å². The van der Waals surface area contributed by atoms with Crippen molar-refractivity contribution in [1.82, 2.24) is 5.32 Å². The Balaban J connectivity index is 1.76. The van der Waals surface area contributed by atoms with Gasteiger partial charge in [0, 0.05) is 28.1 Å². The molecular formula is C18H18BrClN2O3. The number of rotatable bonds is 7. The first kappa shape index (κ1) is 19.3. The quantitative estimate of drug-likeness (QED) is 0.651. The van der Waals surface area contributed by atoms with E-state index >= 15 is 0 Å². The summed E-state index contributed by atoms with van der Waals surface area (Å²) in [5.41, 5.74) is 1.18. The maximum Gasteiger partial charge on any atom is 0.252 e. The van der Waals surface area contributed by atoms with Gasteiger partial charge in [-0.05, 0) is 64.8 Å². The summed E-state index contributed by atoms with van der Waals surface area (Å²) in [7, 11) is 1.55. The second-order valence-corrected chi connectivity index (χ2v) is 6.55. The van der Waals surface area contributed by atoms with Gasteiger partial charge in [0.2, 0.25) is 5.91 Å². The molecule has 0 atom stereocenters. The minimum Gasteiger partial charge on any atom is -0.497 e. The first-order valence-electron chi connectivity index (χ1n) is 7.67. The number of nitrogens with one attached hydrogen (secondary N) is 2. The lowest BCUT2D eigenvalue weighted by Gasteiger charge is -2.09. The van der Waals surface area contributed by atoms with E-state index in [1.165, 1.54) is 0 Å². The molecule has 25 heavy (non-hydrogen) atoms. The van der Waals surface area contributed by atoms with Gasteiger partial charge in [0.05, 0.1) is 12.7 Å². The minimum atomic E-state index is -0.219. The highest BCUT2D eigenvalue weighted by Crippen LogP contribution is 2.22. The number of anilines is 1. The lowest BCUT2D eigenvalue weighted by Crippen LogP contribution is -2.25. The van der Waals surface area contributed by atoms with E-state index < -0.39 is 0 Å². The number of methoxy groups -OCH3 is 1. The highest BCUT2D eigenvalue weighted by atomic mass is 79.9. The third-order valence-corrected chi connectivity index (χ3v) is 4.36. The summed E-state index contributed by atoms with van der Waals surface area (Å²) in [6.45, 7) is 0.399. The molecule has 2 amide bonds. The van der Waals surface area contributed by atoms with Gasteiger partial charge < -0.3 is 15.4 Å². The highest BCUT2D eigenvalue weighted by molar-refractivity contribution is 9.10. The summed E-state index contributed by atoms with van der Waals surface area (Å²) in [5.74, 6) is 0.277. The Kier molecular flexibility index (Phi) is 7.28. The molecule has 7 heteroatoms. The van der Waals surface area contributed by atoms with Crippen LogP contribution in [0.15, 0.2) is 46.9 Å². The van der Waals surface area contributed by atoms with Gasteiger partial charge in [-0.15, -0.1) is 0 Å². The summed E-state index contributed by atoms with van der Waals surface area (Å²) >= 11 is 9.14. The molecule has 0 fully saturated rings. The van der Waals surface area contributed by atoms with Crippen molar-refractivity contribution in [2.45, 2.75) is 12.8 Å². The Bertz CT molecular complexity index is 750. The molecule has 0 saturated heterocycles. The van der Waals surface area contributed by atoms with Gasteiger partial charge in [-0.2, -0.15) is 0 Å². The van der Waals surface area contributed by atoms with E-state index in [9.17, 15) is 9.59 Å². The van der Waals surface area contributed by atoms with Crippen molar-refractivity contribution in [2.75, 3.05) is 19.0 Å². The molecule has 0 unspecified atom stereocenters. The number of hydrogen-bond acceptors (Lipinski definition) is 3. The molecule has 0 aliphatic rings. The Hall–Kier alpha value is -2.05. The van der Waals surface area contributed by atoms with Crippen molar-refractivity contribution in [3.63, 3.8) is 0 Å². The van der Waals surface area contributed by atoms with Gasteiger partial charge in [0.25, 0.3) is 5.91 Å². The number of hydrogen-bond donors (Lipinski definition) is 2. The van der Waals surface area contributed by atoms with Gasteiger partial charge in [-0.3, -0.25) is 9.59 Å². The fourth-order valence-electron chi connectivity index (χ4n) is 2.11. The molecule has 0 saturated carbocycles. The Labute approximate surface area is 159 Å². The lowest BCUT2D eigenvalue weighted by molar-refractivity contribution is -0.116. The topological polar surface area (TPSA) is 67.4 Å². The molecule has 132 valence electrons. The average Bonchev–Trinajstić information content (AvgIpc) is 2.61. The van der Waals surface area contributed by atoms with Crippen LogP contribution in [0.4, 0.5) is 5.69 Å². The number of benzene rings is 2. The number of amides is 2. The van der Waals surface area contributed by atoms with Crippen LogP contribution in [0.25, 0.3) is 0 Å². The molecule has 2 aromatic carbocycles. The van der Waals surface area contributed by atoms with E-state index in [2.05, 4.69) is 26.6 Å². The minimum absolute atomic E-state index is 0.112. The van der Waals surface area contributed by atoms with Crippen LogP contribution in [-0.4, -0.2) is 25.5 Å². The zero-order valence-electron chi connectivity index (χ0n) is 13.6. The van der Waals surface area contributed by atoms with E-state index in [0.717, 1.165) is 0 Å². The number of carbonyl (C=O) groups is 2. The van der Waals surface area contributed by atoms with Crippen molar-refractivity contribution >= 4 is 45.0 Å². The summed E-state index contributed by atoms with van der Waals surface area (Å²) in [6, 6.07) is 12.1. The van der Waals surface area contributed by atoms with Gasteiger partial charge in [-0.25, -0.2) is 0 Å². The molecular weight excluding hydrogens is 408 g/mol. The van der Waals surface area contributed by atoms with Crippen LogP contribution >= 0.6 is 27.5 Å². The largest absolute Gasteiger partial charge is 0.497 e. The summed E-state index contributed by atoms with van der Waals surface area (Å²) < 4.78 is 5.81. The molecule has 2 aromatic rings. The first-order chi connectivity index (χ1) is 12.0. The molecule has 2 rings (SSSR count). The fourth-order valence-corrected chi connectivity index (χ4v) is 2.66. The predicted octanol–water partition coefficient (Wildman–Crippen LogP) is 4.26. The Morgan fingerprint density at radius 3 is 2.56 bits per heavy atom. The van der Waals surface area contributed by atoms with Crippen molar-refractivity contribution in [3.05, 3.63) is 57.5 Å². The van der Waals surface area contributed by atoms with Crippen molar-refractivity contribution in [2.24, 2.45) is 0 Å². The van der Waals surface area contributed by atoms with Gasteiger partial charge in [0.1, 0.15) is 5.75 Å². The van der Waals surface area contributed by atoms with Crippen LogP contribution in [0, 0.1) is 0 Å². The first-order valence-corrected chi connectivity index (χ1v) is 8.84. The molecule has 2 N–H and O–H groups in total. The van der Waals surface area contributed by atoms with E-state index in [1.54, 1.807) is 49.6 Å². The molecule has 0 aliphatic carbocycles. The monoisotopic (exact) mass is 424 g/mol. The number of halogens is 2. The highest BCUT2D eigenvalue weighted by Gasteiger charge is 2.11. The zero-order valence-corrected chi connectivity index (χ0v) is 16.0. The standard InChI is InChI=1S/C18H18BrClN2O3/c1-25-14-8-9-16(19)15(11-14)18(24)21-10-2-3-17(23)22-13-6-4-12(20)5-7-13/h4-9,11H,2-3,10H2,1H3,(H,21,24)(H,22,23). The van der Waals surface area contributed by atoms with E-state index in [1.807, 2.05) is 0 Å². The number of carbonyl (C=O) groups excluding carboxylic acids is 2. The third-order valence-electron chi connectivity index (χ3n) is 3.41. The zero-order chi connectivity index (χ0) is 18.2. The fraction of sp³-hybridized carbons (Fsp3) is 0.222. The van der Waals surface area contributed by atoms with E-state index in [-0.39, 0.29) is 11.8 Å².